The number of fused-ring (bicyclic) bond motifs is 1. The van der Waals surface area contributed by atoms with Crippen LogP contribution >= 0.6 is 23.2 Å². The number of carbonyl (C=O) groups is 1. The third kappa shape index (κ3) is 4.95. The maximum Gasteiger partial charge on any atom is 0.410 e. The summed E-state index contributed by atoms with van der Waals surface area (Å²) in [5.41, 5.74) is 3.25. The number of benzene rings is 2. The fourth-order valence-corrected chi connectivity index (χ4v) is 4.72. The Morgan fingerprint density at radius 2 is 1.83 bits per heavy atom. The Morgan fingerprint density at radius 3 is 2.50 bits per heavy atom. The van der Waals surface area contributed by atoms with E-state index in [-0.39, 0.29) is 18.1 Å². The van der Waals surface area contributed by atoms with Crippen molar-refractivity contribution in [3.05, 3.63) is 69.2 Å². The summed E-state index contributed by atoms with van der Waals surface area (Å²) in [5.74, 6) is 0.788. The SMILES string of the molecule is CC(C)(C)OC(=O)N(CC1CC1)[C@H]1Cc2ccccc2[C@H]1Cc1ccc(Cl)c(Cl)c1. The first-order chi connectivity index (χ1) is 14.2. The summed E-state index contributed by atoms with van der Waals surface area (Å²) in [5, 5.41) is 1.13. The Bertz CT molecular complexity index is 933. The normalized spacial score (nSPS) is 20.7. The van der Waals surface area contributed by atoms with Gasteiger partial charge in [-0.05, 0) is 81.2 Å². The van der Waals surface area contributed by atoms with E-state index >= 15 is 0 Å². The first-order valence-electron chi connectivity index (χ1n) is 10.7. The molecule has 0 N–H and O–H groups in total. The summed E-state index contributed by atoms with van der Waals surface area (Å²) >= 11 is 12.4. The quantitative estimate of drug-likeness (QED) is 0.501. The average Bonchev–Trinajstić information content (AvgIpc) is 3.42. The van der Waals surface area contributed by atoms with E-state index < -0.39 is 5.60 Å². The van der Waals surface area contributed by atoms with Crippen molar-refractivity contribution in [2.24, 2.45) is 5.92 Å². The highest BCUT2D eigenvalue weighted by Gasteiger charge is 2.41. The molecule has 0 spiro atoms. The summed E-state index contributed by atoms with van der Waals surface area (Å²) in [6, 6.07) is 14.4. The number of rotatable bonds is 5. The molecule has 0 radical (unpaired) electrons. The molecule has 0 unspecified atom stereocenters. The van der Waals surface area contributed by atoms with E-state index in [1.807, 2.05) is 43.9 Å². The van der Waals surface area contributed by atoms with Crippen LogP contribution in [0.5, 0.6) is 0 Å². The van der Waals surface area contributed by atoms with Gasteiger partial charge in [0, 0.05) is 18.5 Å². The van der Waals surface area contributed by atoms with Gasteiger partial charge in [-0.2, -0.15) is 0 Å². The third-order valence-corrected chi connectivity index (χ3v) is 6.71. The Hall–Kier alpha value is -1.71. The van der Waals surface area contributed by atoms with Gasteiger partial charge in [0.05, 0.1) is 10.0 Å². The zero-order valence-corrected chi connectivity index (χ0v) is 19.3. The van der Waals surface area contributed by atoms with Crippen LogP contribution < -0.4 is 0 Å². The minimum atomic E-state index is -0.510. The van der Waals surface area contributed by atoms with Crippen LogP contribution in [0.2, 0.25) is 10.0 Å². The Balaban J connectivity index is 1.65. The third-order valence-electron chi connectivity index (χ3n) is 5.97. The standard InChI is InChI=1S/C25H29Cl2NO2/c1-25(2,3)30-24(29)28(15-16-8-9-16)23-14-18-6-4-5-7-19(18)20(23)12-17-10-11-21(26)22(27)13-17/h4-7,10-11,13,16,20,23H,8-9,12,14-15H2,1-3H3/t20-,23+/m1/s1. The van der Waals surface area contributed by atoms with Crippen LogP contribution in [0, 0.1) is 5.92 Å². The van der Waals surface area contributed by atoms with Crippen molar-refractivity contribution in [2.45, 2.75) is 64.0 Å². The molecule has 2 aliphatic carbocycles. The van der Waals surface area contributed by atoms with E-state index in [4.69, 9.17) is 27.9 Å². The largest absolute Gasteiger partial charge is 0.444 e. The van der Waals surface area contributed by atoms with Crippen molar-refractivity contribution in [2.75, 3.05) is 6.54 Å². The smallest absolute Gasteiger partial charge is 0.410 e. The highest BCUT2D eigenvalue weighted by atomic mass is 35.5. The number of hydrogen-bond donors (Lipinski definition) is 0. The zero-order valence-electron chi connectivity index (χ0n) is 17.8. The Morgan fingerprint density at radius 1 is 1.10 bits per heavy atom. The molecule has 1 fully saturated rings. The van der Waals surface area contributed by atoms with Crippen LogP contribution in [-0.2, 0) is 17.6 Å². The Kier molecular flexibility index (Phi) is 6.05. The molecule has 2 atom stereocenters. The van der Waals surface area contributed by atoms with E-state index in [0.29, 0.717) is 16.0 Å². The second kappa shape index (κ2) is 8.43. The van der Waals surface area contributed by atoms with Gasteiger partial charge in [0.2, 0.25) is 0 Å². The van der Waals surface area contributed by atoms with E-state index in [9.17, 15) is 4.79 Å². The maximum absolute atomic E-state index is 13.2. The van der Waals surface area contributed by atoms with Gasteiger partial charge in [0.15, 0.2) is 0 Å². The molecule has 0 aliphatic heterocycles. The summed E-state index contributed by atoms with van der Waals surface area (Å²) in [7, 11) is 0. The topological polar surface area (TPSA) is 29.5 Å². The lowest BCUT2D eigenvalue weighted by molar-refractivity contribution is 0.0131. The number of hydrogen-bond acceptors (Lipinski definition) is 2. The van der Waals surface area contributed by atoms with Gasteiger partial charge < -0.3 is 9.64 Å². The van der Waals surface area contributed by atoms with Gasteiger partial charge in [-0.15, -0.1) is 0 Å². The van der Waals surface area contributed by atoms with E-state index in [2.05, 4.69) is 24.3 Å². The van der Waals surface area contributed by atoms with Crippen LogP contribution in [0.25, 0.3) is 0 Å². The second-order valence-corrected chi connectivity index (χ2v) is 10.4. The molecule has 3 nitrogen and oxygen atoms in total. The maximum atomic E-state index is 13.2. The molecular formula is C25H29Cl2NO2. The number of nitrogens with zero attached hydrogens (tertiary/aromatic N) is 1. The molecule has 0 bridgehead atoms. The lowest BCUT2D eigenvalue weighted by Gasteiger charge is -2.35. The Labute approximate surface area is 189 Å². The average molecular weight is 446 g/mol. The van der Waals surface area contributed by atoms with Crippen molar-refractivity contribution in [3.63, 3.8) is 0 Å². The molecule has 4 rings (SSSR count). The fraction of sp³-hybridized carbons (Fsp3) is 0.480. The summed E-state index contributed by atoms with van der Waals surface area (Å²) in [4.78, 5) is 15.2. The minimum absolute atomic E-state index is 0.0762. The molecule has 0 aromatic heterocycles. The molecule has 1 amide bonds. The van der Waals surface area contributed by atoms with Crippen molar-refractivity contribution in [3.8, 4) is 0 Å². The highest BCUT2D eigenvalue weighted by Crippen LogP contribution is 2.41. The van der Waals surface area contributed by atoms with Crippen molar-refractivity contribution in [1.29, 1.82) is 0 Å². The molecule has 30 heavy (non-hydrogen) atoms. The first-order valence-corrected chi connectivity index (χ1v) is 11.5. The van der Waals surface area contributed by atoms with Gasteiger partial charge in [-0.25, -0.2) is 4.79 Å². The predicted octanol–water partition coefficient (Wildman–Crippen LogP) is 6.89. The van der Waals surface area contributed by atoms with Crippen LogP contribution in [0.1, 0.15) is 56.2 Å². The van der Waals surface area contributed by atoms with Gasteiger partial charge in [-0.1, -0.05) is 53.5 Å². The van der Waals surface area contributed by atoms with E-state index in [0.717, 1.165) is 24.9 Å². The van der Waals surface area contributed by atoms with Crippen LogP contribution in [0.3, 0.4) is 0 Å². The molecule has 0 heterocycles. The van der Waals surface area contributed by atoms with Gasteiger partial charge in [0.25, 0.3) is 0 Å². The number of amides is 1. The van der Waals surface area contributed by atoms with Crippen molar-refractivity contribution >= 4 is 29.3 Å². The first kappa shape index (κ1) is 21.5. The molecule has 5 heteroatoms. The molecular weight excluding hydrogens is 417 g/mol. The van der Waals surface area contributed by atoms with Crippen molar-refractivity contribution in [1.82, 2.24) is 4.90 Å². The van der Waals surface area contributed by atoms with Gasteiger partial charge in [-0.3, -0.25) is 0 Å². The number of halogens is 2. The summed E-state index contributed by atoms with van der Waals surface area (Å²) < 4.78 is 5.82. The molecule has 160 valence electrons. The molecule has 2 aromatic carbocycles. The van der Waals surface area contributed by atoms with Gasteiger partial charge in [0.1, 0.15) is 5.60 Å². The number of ether oxygens (including phenoxy) is 1. The van der Waals surface area contributed by atoms with E-state index in [1.165, 1.54) is 24.0 Å². The second-order valence-electron chi connectivity index (χ2n) is 9.61. The minimum Gasteiger partial charge on any atom is -0.444 e. The van der Waals surface area contributed by atoms with Crippen LogP contribution in [-0.4, -0.2) is 29.2 Å². The number of carbonyl (C=O) groups excluding carboxylic acids is 1. The summed E-state index contributed by atoms with van der Waals surface area (Å²) in [6.07, 6.45) is 3.84. The lowest BCUT2D eigenvalue weighted by Crippen LogP contribution is -2.46. The molecule has 1 saturated carbocycles. The molecule has 2 aliphatic rings. The van der Waals surface area contributed by atoms with E-state index in [1.54, 1.807) is 0 Å². The molecule has 2 aromatic rings. The van der Waals surface area contributed by atoms with Crippen LogP contribution in [0.15, 0.2) is 42.5 Å². The highest BCUT2D eigenvalue weighted by molar-refractivity contribution is 6.42. The van der Waals surface area contributed by atoms with Crippen LogP contribution in [0.4, 0.5) is 4.79 Å². The van der Waals surface area contributed by atoms with Gasteiger partial charge >= 0.3 is 6.09 Å². The zero-order chi connectivity index (χ0) is 21.5. The van der Waals surface area contributed by atoms with Crippen molar-refractivity contribution < 1.29 is 9.53 Å². The summed E-state index contributed by atoms with van der Waals surface area (Å²) in [6.45, 7) is 6.55. The monoisotopic (exact) mass is 445 g/mol. The lowest BCUT2D eigenvalue weighted by atomic mass is 9.90. The fourth-order valence-electron chi connectivity index (χ4n) is 4.40. The predicted molar refractivity (Wildman–Crippen MR) is 123 cm³/mol. The molecule has 0 saturated heterocycles.